The molecule has 1 heterocycles. The van der Waals surface area contributed by atoms with Gasteiger partial charge in [-0.05, 0) is 42.9 Å². The first kappa shape index (κ1) is 22.5. The molecule has 0 spiro atoms. The molecule has 6 heteroatoms. The fourth-order valence-electron chi connectivity index (χ4n) is 3.61. The van der Waals surface area contributed by atoms with Gasteiger partial charge in [0, 0.05) is 39.3 Å². The lowest BCUT2D eigenvalue weighted by Crippen LogP contribution is -2.51. The van der Waals surface area contributed by atoms with Crippen LogP contribution in [-0.4, -0.2) is 70.5 Å². The van der Waals surface area contributed by atoms with Crippen LogP contribution >= 0.6 is 0 Å². The van der Waals surface area contributed by atoms with Crippen molar-refractivity contribution in [3.63, 3.8) is 0 Å². The largest absolute Gasteiger partial charge is 0.497 e. The first-order chi connectivity index (χ1) is 13.6. The van der Waals surface area contributed by atoms with Gasteiger partial charge < -0.3 is 20.1 Å². The van der Waals surface area contributed by atoms with E-state index in [0.717, 1.165) is 63.9 Å². The molecule has 1 fully saturated rings. The first-order valence-electron chi connectivity index (χ1n) is 10.5. The summed E-state index contributed by atoms with van der Waals surface area (Å²) >= 11 is 0. The van der Waals surface area contributed by atoms with Crippen molar-refractivity contribution in [2.24, 2.45) is 10.9 Å². The molecule has 1 saturated heterocycles. The van der Waals surface area contributed by atoms with Gasteiger partial charge in [0.05, 0.1) is 20.3 Å². The minimum absolute atomic E-state index is 0.513. The van der Waals surface area contributed by atoms with Gasteiger partial charge in [-0.25, -0.2) is 0 Å². The number of aryl methyl sites for hydroxylation is 1. The molecule has 28 heavy (non-hydrogen) atoms. The molecule has 2 N–H and O–H groups in total. The van der Waals surface area contributed by atoms with Crippen LogP contribution in [0.2, 0.25) is 0 Å². The van der Waals surface area contributed by atoms with Crippen LogP contribution in [0.1, 0.15) is 32.3 Å². The van der Waals surface area contributed by atoms with Crippen molar-refractivity contribution < 1.29 is 9.47 Å². The Labute approximate surface area is 170 Å². The van der Waals surface area contributed by atoms with Gasteiger partial charge in [0.25, 0.3) is 0 Å². The average molecular weight is 391 g/mol. The number of aliphatic imine (C=N–C) groups is 1. The van der Waals surface area contributed by atoms with E-state index in [2.05, 4.69) is 46.5 Å². The molecule has 1 aliphatic heterocycles. The molecule has 1 unspecified atom stereocenters. The molecular formula is C22H38N4O2. The fourth-order valence-corrected chi connectivity index (χ4v) is 3.61. The maximum Gasteiger partial charge on any atom is 0.191 e. The van der Waals surface area contributed by atoms with E-state index >= 15 is 0 Å². The van der Waals surface area contributed by atoms with Crippen LogP contribution in [-0.2, 0) is 11.2 Å². The maximum atomic E-state index is 5.51. The molecule has 0 bridgehead atoms. The number of methoxy groups -OCH3 is 1. The lowest BCUT2D eigenvalue weighted by Gasteiger charge is -2.35. The summed E-state index contributed by atoms with van der Waals surface area (Å²) < 4.78 is 10.8. The Hall–Kier alpha value is -1.79. The van der Waals surface area contributed by atoms with Crippen molar-refractivity contribution in [3.05, 3.63) is 29.8 Å². The van der Waals surface area contributed by atoms with Gasteiger partial charge in [-0.2, -0.15) is 0 Å². The molecular weight excluding hydrogens is 352 g/mol. The molecule has 6 nitrogen and oxygen atoms in total. The predicted octanol–water partition coefficient (Wildman–Crippen LogP) is 2.54. The summed E-state index contributed by atoms with van der Waals surface area (Å²) in [5, 5.41) is 6.97. The van der Waals surface area contributed by atoms with Gasteiger partial charge in [-0.15, -0.1) is 0 Å². The number of ether oxygens (including phenoxy) is 2. The summed E-state index contributed by atoms with van der Waals surface area (Å²) in [5.41, 5.74) is 1.30. The van der Waals surface area contributed by atoms with Gasteiger partial charge in [-0.1, -0.05) is 26.0 Å². The summed E-state index contributed by atoms with van der Waals surface area (Å²) in [5.74, 6) is 2.47. The van der Waals surface area contributed by atoms with Crippen molar-refractivity contribution in [2.45, 2.75) is 39.2 Å². The van der Waals surface area contributed by atoms with Gasteiger partial charge in [0.15, 0.2) is 5.96 Å². The van der Waals surface area contributed by atoms with Crippen molar-refractivity contribution in [1.29, 1.82) is 0 Å². The van der Waals surface area contributed by atoms with E-state index in [-0.39, 0.29) is 0 Å². The highest BCUT2D eigenvalue weighted by Gasteiger charge is 2.22. The van der Waals surface area contributed by atoms with Crippen LogP contribution < -0.4 is 15.4 Å². The zero-order valence-corrected chi connectivity index (χ0v) is 18.0. The minimum Gasteiger partial charge on any atom is -0.497 e. The van der Waals surface area contributed by atoms with E-state index in [0.29, 0.717) is 12.0 Å². The van der Waals surface area contributed by atoms with Crippen molar-refractivity contribution in [1.82, 2.24) is 15.5 Å². The Balaban J connectivity index is 1.74. The first-order valence-corrected chi connectivity index (χ1v) is 10.5. The molecule has 1 aromatic rings. The number of guanidine groups is 1. The van der Waals surface area contributed by atoms with Crippen LogP contribution in [0.25, 0.3) is 0 Å². The molecule has 158 valence electrons. The number of benzene rings is 1. The van der Waals surface area contributed by atoms with Crippen LogP contribution in [0.4, 0.5) is 0 Å². The second-order valence-electron chi connectivity index (χ2n) is 7.77. The lowest BCUT2D eigenvalue weighted by atomic mass is 10.0. The maximum absolute atomic E-state index is 5.51. The number of hydrogen-bond donors (Lipinski definition) is 2. The number of nitrogens with one attached hydrogen (secondary N) is 2. The van der Waals surface area contributed by atoms with Crippen molar-refractivity contribution in [3.8, 4) is 5.75 Å². The standard InChI is InChI=1S/C22H38N4O2/c1-18(2)15-20(26-11-13-28-14-12-26)17-25-22(23-3)24-10-6-8-19-7-5-9-21(16-19)27-4/h5,7,9,16,18,20H,6,8,10-15,17H2,1-4H3,(H2,23,24,25). The van der Waals surface area contributed by atoms with Gasteiger partial charge >= 0.3 is 0 Å². The number of nitrogens with zero attached hydrogens (tertiary/aromatic N) is 2. The second-order valence-corrected chi connectivity index (χ2v) is 7.77. The number of rotatable bonds is 10. The molecule has 0 radical (unpaired) electrons. The number of morpholine rings is 1. The smallest absolute Gasteiger partial charge is 0.191 e. The molecule has 0 saturated carbocycles. The van der Waals surface area contributed by atoms with E-state index in [9.17, 15) is 0 Å². The van der Waals surface area contributed by atoms with E-state index < -0.39 is 0 Å². The Bertz CT molecular complexity index is 586. The highest BCUT2D eigenvalue weighted by atomic mass is 16.5. The quantitative estimate of drug-likeness (QED) is 0.365. The summed E-state index contributed by atoms with van der Waals surface area (Å²) in [6.45, 7) is 10.1. The summed E-state index contributed by atoms with van der Waals surface area (Å²) in [4.78, 5) is 6.94. The van der Waals surface area contributed by atoms with Crippen LogP contribution in [0.15, 0.2) is 29.3 Å². The third-order valence-electron chi connectivity index (χ3n) is 5.10. The molecule has 0 aliphatic carbocycles. The number of hydrogen-bond acceptors (Lipinski definition) is 4. The van der Waals surface area contributed by atoms with E-state index in [4.69, 9.17) is 9.47 Å². The normalized spacial score (nSPS) is 16.8. The average Bonchev–Trinajstić information content (AvgIpc) is 2.72. The zero-order chi connectivity index (χ0) is 20.2. The minimum atomic E-state index is 0.513. The summed E-state index contributed by atoms with van der Waals surface area (Å²) in [6.07, 6.45) is 3.25. The molecule has 1 atom stereocenters. The van der Waals surface area contributed by atoms with E-state index in [1.807, 2.05) is 19.2 Å². The van der Waals surface area contributed by atoms with Gasteiger partial charge in [0.1, 0.15) is 5.75 Å². The molecule has 1 aromatic carbocycles. The van der Waals surface area contributed by atoms with E-state index in [1.54, 1.807) is 7.11 Å². The van der Waals surface area contributed by atoms with Crippen LogP contribution in [0.5, 0.6) is 5.75 Å². The third-order valence-corrected chi connectivity index (χ3v) is 5.10. The predicted molar refractivity (Wildman–Crippen MR) is 116 cm³/mol. The fraction of sp³-hybridized carbons (Fsp3) is 0.682. The van der Waals surface area contributed by atoms with Crippen molar-refractivity contribution in [2.75, 3.05) is 53.6 Å². The Morgan fingerprint density at radius 2 is 2.04 bits per heavy atom. The molecule has 1 aliphatic rings. The van der Waals surface area contributed by atoms with Crippen LogP contribution in [0, 0.1) is 5.92 Å². The van der Waals surface area contributed by atoms with Gasteiger partial charge in [0.2, 0.25) is 0 Å². The third kappa shape index (κ3) is 8.07. The molecule has 0 aromatic heterocycles. The van der Waals surface area contributed by atoms with E-state index in [1.165, 1.54) is 12.0 Å². The SMILES string of the molecule is CN=C(NCCCc1cccc(OC)c1)NCC(CC(C)C)N1CCOCC1. The summed E-state index contributed by atoms with van der Waals surface area (Å²) in [6, 6.07) is 8.79. The highest BCUT2D eigenvalue weighted by Crippen LogP contribution is 2.14. The summed E-state index contributed by atoms with van der Waals surface area (Å²) in [7, 11) is 3.55. The Morgan fingerprint density at radius 3 is 2.71 bits per heavy atom. The second kappa shape index (κ2) is 12.6. The highest BCUT2D eigenvalue weighted by molar-refractivity contribution is 5.79. The molecule has 0 amide bonds. The van der Waals surface area contributed by atoms with Gasteiger partial charge in [-0.3, -0.25) is 9.89 Å². The van der Waals surface area contributed by atoms with Crippen LogP contribution in [0.3, 0.4) is 0 Å². The van der Waals surface area contributed by atoms with Crippen molar-refractivity contribution >= 4 is 5.96 Å². The molecule has 2 rings (SSSR count). The topological polar surface area (TPSA) is 58.1 Å². The monoisotopic (exact) mass is 390 g/mol. The lowest BCUT2D eigenvalue weighted by molar-refractivity contribution is 0.0132. The Morgan fingerprint density at radius 1 is 1.25 bits per heavy atom. The zero-order valence-electron chi connectivity index (χ0n) is 18.0. The Kier molecular flexibility index (Phi) is 10.1.